The second-order valence-corrected chi connectivity index (χ2v) is 8.59. The first kappa shape index (κ1) is 32.8. The van der Waals surface area contributed by atoms with Gasteiger partial charge in [0, 0.05) is 26.0 Å². The number of para-hydroxylation sites is 1. The van der Waals surface area contributed by atoms with Gasteiger partial charge in [-0.1, -0.05) is 31.2 Å². The fourth-order valence-electron chi connectivity index (χ4n) is 3.37. The lowest BCUT2D eigenvalue weighted by molar-refractivity contribution is -0.150. The molecule has 1 atom stereocenters. The molecule has 0 aliphatic heterocycles. The second kappa shape index (κ2) is 15.4. The van der Waals surface area contributed by atoms with Crippen molar-refractivity contribution in [2.24, 2.45) is 0 Å². The lowest BCUT2D eigenvalue weighted by Crippen LogP contribution is -2.39. The van der Waals surface area contributed by atoms with Gasteiger partial charge in [0.05, 0.1) is 18.7 Å². The first-order valence-corrected chi connectivity index (χ1v) is 12.5. The van der Waals surface area contributed by atoms with Crippen molar-refractivity contribution in [2.75, 3.05) is 39.5 Å². The van der Waals surface area contributed by atoms with E-state index in [-0.39, 0.29) is 39.3 Å². The van der Waals surface area contributed by atoms with Crippen molar-refractivity contribution in [1.82, 2.24) is 4.90 Å². The maximum absolute atomic E-state index is 13.5. The van der Waals surface area contributed by atoms with E-state index in [1.54, 1.807) is 31.2 Å². The largest absolute Gasteiger partial charge is 0.492 e. The van der Waals surface area contributed by atoms with Crippen LogP contribution in [0.3, 0.4) is 0 Å². The molecule has 8 nitrogen and oxygen atoms in total. The molecule has 222 valence electrons. The summed E-state index contributed by atoms with van der Waals surface area (Å²) in [6.07, 6.45) is -7.21. The molecule has 0 fully saturated rings. The van der Waals surface area contributed by atoms with Gasteiger partial charge in [0.1, 0.15) is 24.7 Å². The van der Waals surface area contributed by atoms with Crippen LogP contribution in [-0.4, -0.2) is 73.6 Å². The van der Waals surface area contributed by atoms with Crippen molar-refractivity contribution in [3.05, 3.63) is 59.7 Å². The van der Waals surface area contributed by atoms with Gasteiger partial charge < -0.3 is 29.0 Å². The van der Waals surface area contributed by atoms with Gasteiger partial charge in [-0.25, -0.2) is 18.4 Å². The van der Waals surface area contributed by atoms with Gasteiger partial charge in [-0.15, -0.1) is 0 Å². The summed E-state index contributed by atoms with van der Waals surface area (Å²) in [6.45, 7) is 1.51. The second-order valence-electron chi connectivity index (χ2n) is 8.59. The van der Waals surface area contributed by atoms with E-state index in [0.717, 1.165) is 23.1 Å². The molecule has 0 spiro atoms. The molecular weight excluding hydrogens is 545 g/mol. The van der Waals surface area contributed by atoms with Crippen LogP contribution in [0.25, 0.3) is 0 Å². The Hall–Kier alpha value is -3.45. The molecule has 0 saturated heterocycles. The Morgan fingerprint density at radius 1 is 0.950 bits per heavy atom. The highest BCUT2D eigenvalue weighted by atomic mass is 19.4. The van der Waals surface area contributed by atoms with E-state index in [9.17, 15) is 36.6 Å². The maximum Gasteiger partial charge on any atom is 0.419 e. The van der Waals surface area contributed by atoms with Crippen LogP contribution in [0.1, 0.15) is 31.4 Å². The van der Waals surface area contributed by atoms with Gasteiger partial charge in [-0.05, 0) is 36.8 Å². The number of carboxylic acids is 1. The molecule has 1 N–H and O–H groups in total. The number of hydrogen-bond donors (Lipinski definition) is 1. The van der Waals surface area contributed by atoms with E-state index in [2.05, 4.69) is 0 Å². The quantitative estimate of drug-likeness (QED) is 0.203. The summed E-state index contributed by atoms with van der Waals surface area (Å²) < 4.78 is 87.6. The van der Waals surface area contributed by atoms with Crippen LogP contribution >= 0.6 is 0 Å². The highest BCUT2D eigenvalue weighted by Crippen LogP contribution is 2.36. The van der Waals surface area contributed by atoms with E-state index >= 15 is 0 Å². The predicted molar refractivity (Wildman–Crippen MR) is 134 cm³/mol. The third-order valence-corrected chi connectivity index (χ3v) is 5.60. The molecule has 0 radical (unpaired) electrons. The van der Waals surface area contributed by atoms with Crippen molar-refractivity contribution in [3.8, 4) is 11.5 Å². The minimum Gasteiger partial charge on any atom is -0.492 e. The van der Waals surface area contributed by atoms with Crippen LogP contribution in [0.15, 0.2) is 48.5 Å². The smallest absolute Gasteiger partial charge is 0.419 e. The number of amides is 1. The van der Waals surface area contributed by atoms with E-state index < -0.39 is 54.6 Å². The molecule has 2 aromatic rings. The average molecular weight is 578 g/mol. The zero-order chi connectivity index (χ0) is 29.8. The summed E-state index contributed by atoms with van der Waals surface area (Å²) in [4.78, 5) is 25.0. The van der Waals surface area contributed by atoms with Crippen molar-refractivity contribution in [3.63, 3.8) is 0 Å². The Labute approximate surface area is 228 Å². The predicted octanol–water partition coefficient (Wildman–Crippen LogP) is 5.68. The van der Waals surface area contributed by atoms with Crippen LogP contribution in [-0.2, 0) is 26.9 Å². The third kappa shape index (κ3) is 11.0. The number of carboxylic acid groups (broad SMARTS) is 1. The monoisotopic (exact) mass is 577 g/mol. The van der Waals surface area contributed by atoms with Crippen molar-refractivity contribution in [2.45, 2.75) is 44.9 Å². The van der Waals surface area contributed by atoms with Crippen LogP contribution in [0.4, 0.5) is 26.7 Å². The molecule has 0 saturated carbocycles. The Bertz CT molecular complexity index is 1080. The minimum absolute atomic E-state index is 0.114. The number of benzene rings is 2. The summed E-state index contributed by atoms with van der Waals surface area (Å²) in [6, 6.07) is 10.6. The molecule has 13 heteroatoms. The molecule has 0 aliphatic carbocycles. The Balaban J connectivity index is 2.03. The summed E-state index contributed by atoms with van der Waals surface area (Å²) in [7, 11) is 0. The molecule has 0 aromatic heterocycles. The first-order chi connectivity index (χ1) is 18.9. The maximum atomic E-state index is 13.5. The number of ether oxygens (including phenoxy) is 4. The summed E-state index contributed by atoms with van der Waals surface area (Å²) >= 11 is 0. The van der Waals surface area contributed by atoms with Crippen LogP contribution in [0.2, 0.25) is 0 Å². The van der Waals surface area contributed by atoms with E-state index in [4.69, 9.17) is 18.9 Å². The number of nitrogens with zero attached hydrogens (tertiary/aromatic N) is 1. The normalized spacial score (nSPS) is 12.6. The molecule has 2 aromatic carbocycles. The van der Waals surface area contributed by atoms with Crippen molar-refractivity contribution < 1.29 is 55.6 Å². The number of halogens is 5. The number of alkyl halides is 5. The number of rotatable bonds is 16. The lowest BCUT2D eigenvalue weighted by Gasteiger charge is -2.23. The van der Waals surface area contributed by atoms with Gasteiger partial charge >= 0.3 is 18.2 Å². The fourth-order valence-corrected chi connectivity index (χ4v) is 3.37. The zero-order valence-electron chi connectivity index (χ0n) is 22.1. The number of hydrogen-bond acceptors (Lipinski definition) is 6. The van der Waals surface area contributed by atoms with Gasteiger partial charge in [-0.3, -0.25) is 0 Å². The Morgan fingerprint density at radius 2 is 1.60 bits per heavy atom. The van der Waals surface area contributed by atoms with Crippen LogP contribution in [0, 0.1) is 0 Å². The molecular formula is C27H32F5NO7. The molecule has 40 heavy (non-hydrogen) atoms. The summed E-state index contributed by atoms with van der Waals surface area (Å²) in [5.41, 5.74) is -0.462. The summed E-state index contributed by atoms with van der Waals surface area (Å²) in [5.74, 6) is -4.47. The number of aliphatic carboxylic acids is 1. The average Bonchev–Trinajstić information content (AvgIpc) is 2.90. The molecule has 2 rings (SSSR count). The van der Waals surface area contributed by atoms with E-state index in [1.165, 1.54) is 13.0 Å². The third-order valence-electron chi connectivity index (χ3n) is 5.60. The standard InChI is InChI=1S/C27H32F5NO7/c1-3-26(28,29)18-37-15-13-33(25(36)40-22-8-6-5-7-21(22)27(30,31)32)14-16-39-20-11-9-19(10-12-20)17-23(24(34)35)38-4-2/h5-12,23H,3-4,13-18H2,1-2H3,(H,34,35). The molecule has 1 unspecified atom stereocenters. The SMILES string of the molecule is CCOC(Cc1ccc(OCCN(CCOCC(F)(F)CC)C(=O)Oc2ccccc2C(F)(F)F)cc1)C(=O)O. The highest BCUT2D eigenvalue weighted by Gasteiger charge is 2.35. The van der Waals surface area contributed by atoms with Gasteiger partial charge in [0.2, 0.25) is 0 Å². The number of carbonyl (C=O) groups is 2. The fraction of sp³-hybridized carbons (Fsp3) is 0.481. The lowest BCUT2D eigenvalue weighted by atomic mass is 10.1. The molecule has 0 heterocycles. The van der Waals surface area contributed by atoms with Gasteiger partial charge in [0.15, 0.2) is 6.10 Å². The highest BCUT2D eigenvalue weighted by molar-refractivity contribution is 5.72. The molecule has 0 bridgehead atoms. The first-order valence-electron chi connectivity index (χ1n) is 12.5. The number of carbonyl (C=O) groups excluding carboxylic acids is 1. The molecule has 1 amide bonds. The van der Waals surface area contributed by atoms with Gasteiger partial charge in [-0.2, -0.15) is 13.2 Å². The van der Waals surface area contributed by atoms with Crippen LogP contribution in [0.5, 0.6) is 11.5 Å². The van der Waals surface area contributed by atoms with E-state index in [0.29, 0.717) is 11.3 Å². The van der Waals surface area contributed by atoms with Crippen molar-refractivity contribution in [1.29, 1.82) is 0 Å². The summed E-state index contributed by atoms with van der Waals surface area (Å²) in [5, 5.41) is 9.22. The zero-order valence-corrected chi connectivity index (χ0v) is 22.1. The molecule has 0 aliphatic rings. The minimum atomic E-state index is -4.76. The van der Waals surface area contributed by atoms with Crippen molar-refractivity contribution >= 4 is 12.1 Å². The Morgan fingerprint density at radius 3 is 2.20 bits per heavy atom. The van der Waals surface area contributed by atoms with Crippen LogP contribution < -0.4 is 9.47 Å². The van der Waals surface area contributed by atoms with E-state index in [1.807, 2.05) is 0 Å². The topological polar surface area (TPSA) is 94.5 Å². The van der Waals surface area contributed by atoms with Gasteiger partial charge in [0.25, 0.3) is 5.92 Å². The Kier molecular flexibility index (Phi) is 12.6.